The smallest absolute Gasteiger partial charge is 0.301 e. The number of aliphatic hydroxyl groups excluding tert-OH is 1. The highest BCUT2D eigenvalue weighted by Gasteiger charge is 2.26. The molecule has 1 fully saturated rings. The van der Waals surface area contributed by atoms with Crippen molar-refractivity contribution >= 4 is 15.9 Å². The van der Waals surface area contributed by atoms with E-state index in [-0.39, 0.29) is 6.61 Å². The van der Waals surface area contributed by atoms with Crippen LogP contribution in [0.5, 0.6) is 0 Å². The van der Waals surface area contributed by atoms with E-state index >= 15 is 0 Å². The molecule has 114 valence electrons. The second-order valence-electron chi connectivity index (χ2n) is 5.19. The second-order valence-corrected chi connectivity index (χ2v) is 6.86. The van der Waals surface area contributed by atoms with Crippen LogP contribution in [0, 0.1) is 17.8 Å². The highest BCUT2D eigenvalue weighted by atomic mass is 32.2. The lowest BCUT2D eigenvalue weighted by Crippen LogP contribution is -2.41. The van der Waals surface area contributed by atoms with Crippen LogP contribution in [-0.2, 0) is 10.2 Å². The van der Waals surface area contributed by atoms with E-state index in [0.29, 0.717) is 30.3 Å². The zero-order valence-corrected chi connectivity index (χ0v) is 12.9. The number of nitrogens with one attached hydrogen (secondary N) is 1. The third-order valence-electron chi connectivity index (χ3n) is 3.55. The molecule has 1 saturated heterocycles. The summed E-state index contributed by atoms with van der Waals surface area (Å²) in [6.07, 6.45) is 1.76. The van der Waals surface area contributed by atoms with Crippen LogP contribution in [0.1, 0.15) is 25.3 Å². The Balaban J connectivity index is 2.17. The largest absolute Gasteiger partial charge is 0.384 e. The van der Waals surface area contributed by atoms with Gasteiger partial charge in [-0.1, -0.05) is 30.9 Å². The van der Waals surface area contributed by atoms with Crippen LogP contribution in [0.15, 0.2) is 24.3 Å². The monoisotopic (exact) mass is 308 g/mol. The number of benzene rings is 1. The van der Waals surface area contributed by atoms with Crippen LogP contribution in [-0.4, -0.2) is 37.5 Å². The maximum Gasteiger partial charge on any atom is 0.301 e. The summed E-state index contributed by atoms with van der Waals surface area (Å²) in [5, 5.41) is 8.76. The molecular weight excluding hydrogens is 288 g/mol. The van der Waals surface area contributed by atoms with Crippen molar-refractivity contribution in [3.05, 3.63) is 29.8 Å². The topological polar surface area (TPSA) is 69.6 Å². The summed E-state index contributed by atoms with van der Waals surface area (Å²) in [5.74, 6) is 5.85. The Morgan fingerprint density at radius 2 is 2.00 bits per heavy atom. The van der Waals surface area contributed by atoms with Gasteiger partial charge < -0.3 is 5.11 Å². The van der Waals surface area contributed by atoms with Crippen LogP contribution < -0.4 is 4.72 Å². The van der Waals surface area contributed by atoms with Gasteiger partial charge in [0, 0.05) is 18.7 Å². The summed E-state index contributed by atoms with van der Waals surface area (Å²) in [6, 6.07) is 6.92. The summed E-state index contributed by atoms with van der Waals surface area (Å²) in [4.78, 5) is 0. The van der Waals surface area contributed by atoms with Gasteiger partial charge in [0.25, 0.3) is 0 Å². The summed E-state index contributed by atoms with van der Waals surface area (Å²) in [5.41, 5.74) is 0.998. The minimum absolute atomic E-state index is 0.259. The van der Waals surface area contributed by atoms with Crippen LogP contribution in [0.4, 0.5) is 5.69 Å². The molecule has 0 aliphatic carbocycles. The molecular formula is C15H20N2O3S. The minimum Gasteiger partial charge on any atom is -0.384 e. The van der Waals surface area contributed by atoms with Crippen molar-refractivity contribution in [2.45, 2.75) is 19.8 Å². The van der Waals surface area contributed by atoms with Gasteiger partial charge in [0.15, 0.2) is 0 Å². The van der Waals surface area contributed by atoms with Crippen LogP contribution in [0.25, 0.3) is 0 Å². The van der Waals surface area contributed by atoms with Crippen molar-refractivity contribution in [3.8, 4) is 11.8 Å². The lowest BCUT2D eigenvalue weighted by atomic mass is 10.0. The van der Waals surface area contributed by atoms with Crippen molar-refractivity contribution < 1.29 is 13.5 Å². The Labute approximate surface area is 126 Å². The molecule has 0 aromatic heterocycles. The summed E-state index contributed by atoms with van der Waals surface area (Å²) in [6.45, 7) is 2.96. The van der Waals surface area contributed by atoms with Gasteiger partial charge in [-0.15, -0.1) is 0 Å². The van der Waals surface area contributed by atoms with E-state index in [0.717, 1.165) is 12.8 Å². The van der Waals surface area contributed by atoms with Crippen molar-refractivity contribution in [1.82, 2.24) is 4.31 Å². The Hall–Kier alpha value is -1.55. The summed E-state index contributed by atoms with van der Waals surface area (Å²) < 4.78 is 28.9. The summed E-state index contributed by atoms with van der Waals surface area (Å²) in [7, 11) is -3.55. The molecule has 21 heavy (non-hydrogen) atoms. The average Bonchev–Trinajstić information content (AvgIpc) is 2.46. The zero-order valence-electron chi connectivity index (χ0n) is 12.0. The van der Waals surface area contributed by atoms with E-state index in [1.807, 2.05) is 0 Å². The quantitative estimate of drug-likeness (QED) is 0.830. The first-order valence-corrected chi connectivity index (χ1v) is 8.43. The molecule has 0 saturated carbocycles. The van der Waals surface area contributed by atoms with E-state index in [1.54, 1.807) is 24.3 Å². The number of nitrogens with zero attached hydrogens (tertiary/aromatic N) is 1. The van der Waals surface area contributed by atoms with Crippen molar-refractivity contribution in [2.75, 3.05) is 24.4 Å². The molecule has 0 amide bonds. The van der Waals surface area contributed by atoms with Gasteiger partial charge in [-0.05, 0) is 30.9 Å². The van der Waals surface area contributed by atoms with Gasteiger partial charge in [-0.3, -0.25) is 4.72 Å². The number of aliphatic hydroxyl groups is 1. The molecule has 0 spiro atoms. The Morgan fingerprint density at radius 1 is 1.33 bits per heavy atom. The number of para-hydroxylation sites is 1. The van der Waals surface area contributed by atoms with Gasteiger partial charge in [-0.2, -0.15) is 12.7 Å². The van der Waals surface area contributed by atoms with Crippen molar-refractivity contribution in [3.63, 3.8) is 0 Å². The molecule has 0 bridgehead atoms. The first-order chi connectivity index (χ1) is 10.0. The molecule has 1 aromatic rings. The van der Waals surface area contributed by atoms with E-state index in [2.05, 4.69) is 23.5 Å². The maximum atomic E-state index is 12.4. The number of hydrogen-bond acceptors (Lipinski definition) is 3. The molecule has 2 rings (SSSR count). The van der Waals surface area contributed by atoms with Crippen LogP contribution in [0.3, 0.4) is 0 Å². The first-order valence-electron chi connectivity index (χ1n) is 6.99. The lowest BCUT2D eigenvalue weighted by Gasteiger charge is -2.29. The third-order valence-corrected chi connectivity index (χ3v) is 5.07. The van der Waals surface area contributed by atoms with Gasteiger partial charge in [0.1, 0.15) is 6.61 Å². The van der Waals surface area contributed by atoms with E-state index in [4.69, 9.17) is 5.11 Å². The molecule has 2 N–H and O–H groups in total. The van der Waals surface area contributed by atoms with E-state index < -0.39 is 10.2 Å². The minimum atomic E-state index is -3.55. The molecule has 0 atom stereocenters. The van der Waals surface area contributed by atoms with E-state index in [1.165, 1.54) is 4.31 Å². The lowest BCUT2D eigenvalue weighted by molar-refractivity contribution is 0.289. The number of hydrogen-bond donors (Lipinski definition) is 2. The van der Waals surface area contributed by atoms with Crippen LogP contribution >= 0.6 is 0 Å². The standard InChI is InChI=1S/C15H20N2O3S/c1-13-8-10-17(11-9-13)21(19,20)16-15-7-3-2-5-14(15)6-4-12-18/h2-3,5,7,13,16,18H,8-12H2,1H3. The number of anilines is 1. The summed E-state index contributed by atoms with van der Waals surface area (Å²) >= 11 is 0. The zero-order chi connectivity index (χ0) is 15.3. The van der Waals surface area contributed by atoms with Gasteiger partial charge in [0.05, 0.1) is 5.69 Å². The van der Waals surface area contributed by atoms with Gasteiger partial charge in [0.2, 0.25) is 0 Å². The van der Waals surface area contributed by atoms with Gasteiger partial charge >= 0.3 is 10.2 Å². The molecule has 1 aliphatic heterocycles. The Kier molecular flexibility index (Phi) is 5.23. The van der Waals surface area contributed by atoms with E-state index in [9.17, 15) is 8.42 Å². The molecule has 1 aliphatic rings. The fourth-order valence-electron chi connectivity index (χ4n) is 2.24. The highest BCUT2D eigenvalue weighted by molar-refractivity contribution is 7.90. The molecule has 1 aromatic carbocycles. The Bertz CT molecular complexity index is 638. The van der Waals surface area contributed by atoms with Crippen LogP contribution in [0.2, 0.25) is 0 Å². The molecule has 0 radical (unpaired) electrons. The normalized spacial score (nSPS) is 17.0. The fourth-order valence-corrected chi connectivity index (χ4v) is 3.52. The van der Waals surface area contributed by atoms with Crippen molar-refractivity contribution in [1.29, 1.82) is 0 Å². The number of piperidine rings is 1. The number of rotatable bonds is 3. The molecule has 1 heterocycles. The molecule has 0 unspecified atom stereocenters. The Morgan fingerprint density at radius 3 is 2.67 bits per heavy atom. The third kappa shape index (κ3) is 4.21. The predicted molar refractivity (Wildman–Crippen MR) is 82.9 cm³/mol. The predicted octanol–water partition coefficient (Wildman–Crippen LogP) is 1.42. The SMILES string of the molecule is CC1CCN(S(=O)(=O)Nc2ccccc2C#CCO)CC1. The maximum absolute atomic E-state index is 12.4. The second kappa shape index (κ2) is 6.94. The fraction of sp³-hybridized carbons (Fsp3) is 0.467. The molecule has 6 heteroatoms. The average molecular weight is 308 g/mol. The highest BCUT2D eigenvalue weighted by Crippen LogP contribution is 2.21. The first kappa shape index (κ1) is 15.8. The van der Waals surface area contributed by atoms with Gasteiger partial charge in [-0.25, -0.2) is 0 Å². The van der Waals surface area contributed by atoms with Crippen molar-refractivity contribution in [2.24, 2.45) is 5.92 Å². The molecule has 5 nitrogen and oxygen atoms in total.